The van der Waals surface area contributed by atoms with E-state index in [0.717, 1.165) is 12.8 Å². The highest BCUT2D eigenvalue weighted by Gasteiger charge is 2.44. The lowest BCUT2D eigenvalue weighted by Gasteiger charge is -2.50. The van der Waals surface area contributed by atoms with Gasteiger partial charge in [-0.2, -0.15) is 0 Å². The Kier molecular flexibility index (Phi) is 13.2. The normalized spacial score (nSPS) is 19.2. The zero-order valence-corrected chi connectivity index (χ0v) is 19.0. The van der Waals surface area contributed by atoms with Crippen molar-refractivity contribution >= 4 is 0 Å². The van der Waals surface area contributed by atoms with Gasteiger partial charge in [0, 0.05) is 0 Å². The highest BCUT2D eigenvalue weighted by molar-refractivity contribution is 4.93. The van der Waals surface area contributed by atoms with E-state index in [1.807, 2.05) is 0 Å². The molecule has 0 aromatic rings. The Bertz CT molecular complexity index is 283. The topological polar surface area (TPSA) is 9.23 Å². The molecule has 152 valence electrons. The molecule has 0 radical (unpaired) electrons. The molecule has 0 aliphatic carbocycles. The standard InChI is InChI=1S/C24H50O/c1-9-15-19-23(13-5,21(7)17-11-3)25-24(14-6,20-16-10-2)22(8)18-12-4/h21-22H,9-20H2,1-8H3. The van der Waals surface area contributed by atoms with Gasteiger partial charge in [-0.05, 0) is 50.4 Å². The monoisotopic (exact) mass is 354 g/mol. The average molecular weight is 355 g/mol. The lowest BCUT2D eigenvalue weighted by Crippen LogP contribution is -2.51. The molecule has 0 spiro atoms. The second-order valence-corrected chi connectivity index (χ2v) is 8.53. The Morgan fingerprint density at radius 2 is 0.960 bits per heavy atom. The molecule has 1 nitrogen and oxygen atoms in total. The van der Waals surface area contributed by atoms with E-state index >= 15 is 0 Å². The van der Waals surface area contributed by atoms with Gasteiger partial charge in [0.05, 0.1) is 11.2 Å². The van der Waals surface area contributed by atoms with Crippen LogP contribution in [0.15, 0.2) is 0 Å². The number of rotatable bonds is 16. The fraction of sp³-hybridized carbons (Fsp3) is 1.00. The molecule has 0 aromatic carbocycles. The number of hydrogen-bond acceptors (Lipinski definition) is 1. The van der Waals surface area contributed by atoms with Gasteiger partial charge >= 0.3 is 0 Å². The van der Waals surface area contributed by atoms with Crippen LogP contribution in [0, 0.1) is 11.8 Å². The lowest BCUT2D eigenvalue weighted by molar-refractivity contribution is -0.213. The molecule has 0 saturated heterocycles. The summed E-state index contributed by atoms with van der Waals surface area (Å²) in [6.07, 6.45) is 15.0. The van der Waals surface area contributed by atoms with Crippen LogP contribution in [0.1, 0.15) is 132 Å². The third kappa shape index (κ3) is 7.24. The molecule has 0 saturated carbocycles. The van der Waals surface area contributed by atoms with E-state index in [0.29, 0.717) is 11.8 Å². The first-order valence-electron chi connectivity index (χ1n) is 11.6. The van der Waals surface area contributed by atoms with Gasteiger partial charge in [-0.15, -0.1) is 0 Å². The molecular weight excluding hydrogens is 304 g/mol. The maximum absolute atomic E-state index is 7.36. The van der Waals surface area contributed by atoms with Crippen molar-refractivity contribution in [3.63, 3.8) is 0 Å². The highest BCUT2D eigenvalue weighted by Crippen LogP contribution is 2.44. The van der Waals surface area contributed by atoms with E-state index < -0.39 is 0 Å². The molecule has 0 heterocycles. The molecule has 1 heteroatoms. The minimum Gasteiger partial charge on any atom is -0.368 e. The van der Waals surface area contributed by atoms with Crippen LogP contribution in [-0.2, 0) is 4.74 Å². The van der Waals surface area contributed by atoms with E-state index in [1.165, 1.54) is 64.2 Å². The van der Waals surface area contributed by atoms with E-state index in [9.17, 15) is 0 Å². The highest BCUT2D eigenvalue weighted by atomic mass is 16.5. The Balaban J connectivity index is 5.73. The predicted molar refractivity (Wildman–Crippen MR) is 114 cm³/mol. The number of ether oxygens (including phenoxy) is 1. The Labute approximate surface area is 160 Å². The van der Waals surface area contributed by atoms with Crippen molar-refractivity contribution in [3.8, 4) is 0 Å². The van der Waals surface area contributed by atoms with Gasteiger partial charge in [-0.25, -0.2) is 0 Å². The zero-order chi connectivity index (χ0) is 19.3. The quantitative estimate of drug-likeness (QED) is 0.270. The summed E-state index contributed by atoms with van der Waals surface area (Å²) in [5, 5.41) is 0. The van der Waals surface area contributed by atoms with E-state index in [4.69, 9.17) is 4.74 Å². The van der Waals surface area contributed by atoms with Crippen LogP contribution < -0.4 is 0 Å². The number of hydrogen-bond donors (Lipinski definition) is 0. The summed E-state index contributed by atoms with van der Waals surface area (Å²) in [6, 6.07) is 0. The first-order valence-corrected chi connectivity index (χ1v) is 11.6. The first-order chi connectivity index (χ1) is 11.9. The molecule has 25 heavy (non-hydrogen) atoms. The predicted octanol–water partition coefficient (Wildman–Crippen LogP) is 8.55. The van der Waals surface area contributed by atoms with Crippen molar-refractivity contribution < 1.29 is 4.74 Å². The largest absolute Gasteiger partial charge is 0.368 e. The van der Waals surface area contributed by atoms with Crippen molar-refractivity contribution in [3.05, 3.63) is 0 Å². The summed E-state index contributed by atoms with van der Waals surface area (Å²) in [4.78, 5) is 0. The van der Waals surface area contributed by atoms with Crippen LogP contribution in [0.25, 0.3) is 0 Å². The van der Waals surface area contributed by atoms with Gasteiger partial charge in [-0.1, -0.05) is 93.9 Å². The Morgan fingerprint density at radius 1 is 0.600 bits per heavy atom. The fourth-order valence-corrected chi connectivity index (χ4v) is 4.74. The van der Waals surface area contributed by atoms with Crippen LogP contribution in [-0.4, -0.2) is 11.2 Å². The molecule has 4 unspecified atom stereocenters. The maximum Gasteiger partial charge on any atom is 0.0713 e. The second-order valence-electron chi connectivity index (χ2n) is 8.53. The summed E-state index contributed by atoms with van der Waals surface area (Å²) < 4.78 is 7.36. The lowest BCUT2D eigenvalue weighted by atomic mass is 9.75. The molecular formula is C24H50O. The van der Waals surface area contributed by atoms with Crippen LogP contribution in [0.3, 0.4) is 0 Å². The van der Waals surface area contributed by atoms with E-state index in [1.54, 1.807) is 0 Å². The molecule has 0 amide bonds. The van der Waals surface area contributed by atoms with Crippen molar-refractivity contribution in [2.24, 2.45) is 11.8 Å². The van der Waals surface area contributed by atoms with Crippen LogP contribution in [0.2, 0.25) is 0 Å². The van der Waals surface area contributed by atoms with Crippen molar-refractivity contribution in [2.75, 3.05) is 0 Å². The number of unbranched alkanes of at least 4 members (excludes halogenated alkanes) is 2. The average Bonchev–Trinajstić information content (AvgIpc) is 2.62. The van der Waals surface area contributed by atoms with Crippen molar-refractivity contribution in [1.29, 1.82) is 0 Å². The summed E-state index contributed by atoms with van der Waals surface area (Å²) in [6.45, 7) is 18.9. The summed E-state index contributed by atoms with van der Waals surface area (Å²) in [5.41, 5.74) is 0.134. The second kappa shape index (κ2) is 13.2. The van der Waals surface area contributed by atoms with Gasteiger partial charge in [0.15, 0.2) is 0 Å². The third-order valence-electron chi connectivity index (χ3n) is 6.75. The molecule has 0 aliphatic heterocycles. The molecule has 0 N–H and O–H groups in total. The smallest absolute Gasteiger partial charge is 0.0713 e. The molecule has 0 fully saturated rings. The first kappa shape index (κ1) is 25.0. The van der Waals surface area contributed by atoms with Crippen molar-refractivity contribution in [1.82, 2.24) is 0 Å². The third-order valence-corrected chi connectivity index (χ3v) is 6.75. The minimum atomic E-state index is 0.0672. The van der Waals surface area contributed by atoms with Crippen LogP contribution in [0.4, 0.5) is 0 Å². The summed E-state index contributed by atoms with van der Waals surface area (Å²) in [7, 11) is 0. The van der Waals surface area contributed by atoms with Gasteiger partial charge in [-0.3, -0.25) is 0 Å². The fourth-order valence-electron chi connectivity index (χ4n) is 4.74. The minimum absolute atomic E-state index is 0.0672. The molecule has 0 aromatic heterocycles. The molecule has 0 bridgehead atoms. The van der Waals surface area contributed by atoms with Crippen LogP contribution in [0.5, 0.6) is 0 Å². The van der Waals surface area contributed by atoms with Gasteiger partial charge in [0.2, 0.25) is 0 Å². The van der Waals surface area contributed by atoms with E-state index in [2.05, 4.69) is 55.4 Å². The molecule has 0 rings (SSSR count). The summed E-state index contributed by atoms with van der Waals surface area (Å²) >= 11 is 0. The Hall–Kier alpha value is -0.0400. The van der Waals surface area contributed by atoms with Gasteiger partial charge in [0.25, 0.3) is 0 Å². The maximum atomic E-state index is 7.36. The molecule has 0 aliphatic rings. The van der Waals surface area contributed by atoms with Crippen molar-refractivity contribution in [2.45, 2.75) is 144 Å². The van der Waals surface area contributed by atoms with Crippen LogP contribution >= 0.6 is 0 Å². The summed E-state index contributed by atoms with van der Waals surface area (Å²) in [5.74, 6) is 1.30. The zero-order valence-electron chi connectivity index (χ0n) is 19.0. The SMILES string of the molecule is CCCCC(CC)(OC(CC)(CCCC)C(C)CCC)C(C)CCC. The van der Waals surface area contributed by atoms with Gasteiger partial charge < -0.3 is 4.74 Å². The Morgan fingerprint density at radius 3 is 1.20 bits per heavy atom. The molecule has 4 atom stereocenters. The van der Waals surface area contributed by atoms with Gasteiger partial charge in [0.1, 0.15) is 0 Å². The van der Waals surface area contributed by atoms with E-state index in [-0.39, 0.29) is 11.2 Å².